The Labute approximate surface area is 182 Å². The highest BCUT2D eigenvalue weighted by Crippen LogP contribution is 2.19. The van der Waals surface area contributed by atoms with Gasteiger partial charge in [0.15, 0.2) is 5.25 Å². The van der Waals surface area contributed by atoms with Crippen molar-refractivity contribution in [3.63, 3.8) is 0 Å². The maximum absolute atomic E-state index is 12.3. The molecule has 0 spiro atoms. The second-order valence-corrected chi connectivity index (χ2v) is 9.73. The van der Waals surface area contributed by atoms with E-state index in [1.165, 1.54) is 44.9 Å². The molecule has 178 valence electrons. The van der Waals surface area contributed by atoms with Gasteiger partial charge >= 0.3 is 11.9 Å². The minimum atomic E-state index is -4.83. The molecule has 0 radical (unpaired) electrons. The lowest BCUT2D eigenvalue weighted by Gasteiger charge is -2.20. The first-order valence-electron chi connectivity index (χ1n) is 11.6. The normalized spacial score (nSPS) is 13.7. The monoisotopic (exact) mass is 450 g/mol. The van der Waals surface area contributed by atoms with Gasteiger partial charge in [-0.25, -0.2) is 0 Å². The Balaban J connectivity index is 4.66. The molecule has 0 bridgehead atoms. The number of carbonyl (C=O) groups is 2. The fraction of sp³-hybridized carbons (Fsp3) is 0.909. The molecular weight excluding hydrogens is 408 g/mol. The summed E-state index contributed by atoms with van der Waals surface area (Å²) in [5.41, 5.74) is 0. The van der Waals surface area contributed by atoms with Gasteiger partial charge in [0.1, 0.15) is 6.10 Å². The molecule has 0 fully saturated rings. The van der Waals surface area contributed by atoms with E-state index < -0.39 is 39.8 Å². The van der Waals surface area contributed by atoms with Crippen LogP contribution in [0.2, 0.25) is 0 Å². The summed E-state index contributed by atoms with van der Waals surface area (Å²) < 4.78 is 37.5. The van der Waals surface area contributed by atoms with Gasteiger partial charge in [0, 0.05) is 0 Å². The minimum absolute atomic E-state index is 0.447. The van der Waals surface area contributed by atoms with Crippen LogP contribution < -0.4 is 0 Å². The number of ether oxygens (including phenoxy) is 1. The summed E-state index contributed by atoms with van der Waals surface area (Å²) in [6.45, 7) is 4.33. The molecule has 0 aromatic rings. The predicted molar refractivity (Wildman–Crippen MR) is 118 cm³/mol. The standard InChI is InChI=1S/C22H42O7S/c1-3-5-7-9-11-13-15-17-19(16-14-12-10-8-6-4-2)29-22(25)20(18-21(23)24)30(26,27)28/h19-20H,3-18H2,1-2H3,(H,23,24)(H,26,27,28). The average Bonchev–Trinajstić information content (AvgIpc) is 2.66. The van der Waals surface area contributed by atoms with E-state index >= 15 is 0 Å². The van der Waals surface area contributed by atoms with Crippen molar-refractivity contribution in [1.29, 1.82) is 0 Å². The summed E-state index contributed by atoms with van der Waals surface area (Å²) in [6, 6.07) is 0. The highest BCUT2D eigenvalue weighted by Gasteiger charge is 2.36. The van der Waals surface area contributed by atoms with Crippen LogP contribution in [0.5, 0.6) is 0 Å². The van der Waals surface area contributed by atoms with Gasteiger partial charge in [-0.3, -0.25) is 14.1 Å². The molecule has 0 amide bonds. The van der Waals surface area contributed by atoms with Crippen molar-refractivity contribution in [2.75, 3.05) is 0 Å². The van der Waals surface area contributed by atoms with Crippen LogP contribution in [-0.4, -0.2) is 41.4 Å². The van der Waals surface area contributed by atoms with E-state index in [-0.39, 0.29) is 0 Å². The largest absolute Gasteiger partial charge is 0.481 e. The second kappa shape index (κ2) is 17.5. The number of unbranched alkanes of at least 4 members (excludes halogenated alkanes) is 11. The SMILES string of the molecule is CCCCCCCCCC(CCCCCCCC)OC(=O)C(CC(=O)O)S(=O)(=O)O. The van der Waals surface area contributed by atoms with Gasteiger partial charge in [0.25, 0.3) is 10.1 Å². The third-order valence-corrected chi connectivity index (χ3v) is 6.35. The van der Waals surface area contributed by atoms with Crippen LogP contribution in [0, 0.1) is 0 Å². The molecule has 0 heterocycles. The molecule has 0 rings (SSSR count). The van der Waals surface area contributed by atoms with Crippen molar-refractivity contribution >= 4 is 22.1 Å². The van der Waals surface area contributed by atoms with Gasteiger partial charge in [-0.15, -0.1) is 0 Å². The molecule has 0 aliphatic rings. The number of esters is 1. The van der Waals surface area contributed by atoms with E-state index in [9.17, 15) is 22.6 Å². The first-order valence-corrected chi connectivity index (χ1v) is 13.1. The molecular formula is C22H42O7S. The maximum Gasteiger partial charge on any atom is 0.327 e. The summed E-state index contributed by atoms with van der Waals surface area (Å²) in [5, 5.41) is 6.78. The van der Waals surface area contributed by atoms with Crippen LogP contribution in [-0.2, 0) is 24.4 Å². The molecule has 30 heavy (non-hydrogen) atoms. The number of carboxylic acids is 1. The van der Waals surface area contributed by atoms with Crippen molar-refractivity contribution in [2.24, 2.45) is 0 Å². The Kier molecular flexibility index (Phi) is 16.9. The first-order chi connectivity index (χ1) is 14.2. The highest BCUT2D eigenvalue weighted by molar-refractivity contribution is 7.87. The molecule has 2 unspecified atom stereocenters. The summed E-state index contributed by atoms with van der Waals surface area (Å²) in [6.07, 6.45) is 14.2. The Hall–Kier alpha value is -1.15. The smallest absolute Gasteiger partial charge is 0.327 e. The van der Waals surface area contributed by atoms with E-state index in [1.807, 2.05) is 0 Å². The van der Waals surface area contributed by atoms with E-state index in [0.29, 0.717) is 12.8 Å². The minimum Gasteiger partial charge on any atom is -0.481 e. The molecule has 2 atom stereocenters. The molecule has 0 aliphatic carbocycles. The first kappa shape index (κ1) is 28.9. The second-order valence-electron chi connectivity index (χ2n) is 8.13. The van der Waals surface area contributed by atoms with Gasteiger partial charge in [0.05, 0.1) is 6.42 Å². The Morgan fingerprint density at radius 3 is 1.53 bits per heavy atom. The van der Waals surface area contributed by atoms with Crippen LogP contribution in [0.3, 0.4) is 0 Å². The molecule has 0 saturated heterocycles. The molecule has 0 aromatic heterocycles. The number of carboxylic acid groups (broad SMARTS) is 1. The number of rotatable bonds is 20. The zero-order valence-electron chi connectivity index (χ0n) is 18.8. The van der Waals surface area contributed by atoms with Crippen molar-refractivity contribution in [2.45, 2.75) is 128 Å². The van der Waals surface area contributed by atoms with Crippen LogP contribution >= 0.6 is 0 Å². The van der Waals surface area contributed by atoms with E-state index in [2.05, 4.69) is 13.8 Å². The van der Waals surface area contributed by atoms with Crippen molar-refractivity contribution < 1.29 is 32.4 Å². The van der Waals surface area contributed by atoms with Gasteiger partial charge in [-0.2, -0.15) is 8.42 Å². The lowest BCUT2D eigenvalue weighted by atomic mass is 10.0. The Bertz CT molecular complexity index is 560. The third kappa shape index (κ3) is 15.7. The molecule has 7 nitrogen and oxygen atoms in total. The van der Waals surface area contributed by atoms with Crippen LogP contribution in [0.25, 0.3) is 0 Å². The fourth-order valence-corrected chi connectivity index (χ4v) is 4.10. The van der Waals surface area contributed by atoms with E-state index in [0.717, 1.165) is 38.5 Å². The van der Waals surface area contributed by atoms with Gasteiger partial charge in [-0.05, 0) is 25.7 Å². The van der Waals surface area contributed by atoms with Crippen molar-refractivity contribution in [3.8, 4) is 0 Å². The molecule has 8 heteroatoms. The summed E-state index contributed by atoms with van der Waals surface area (Å²) in [5.74, 6) is -2.65. The van der Waals surface area contributed by atoms with Crippen molar-refractivity contribution in [1.82, 2.24) is 0 Å². The Morgan fingerprint density at radius 2 is 1.17 bits per heavy atom. The average molecular weight is 451 g/mol. The molecule has 0 saturated carbocycles. The molecule has 2 N–H and O–H groups in total. The van der Waals surface area contributed by atoms with E-state index in [4.69, 9.17) is 9.84 Å². The lowest BCUT2D eigenvalue weighted by Crippen LogP contribution is -2.36. The zero-order valence-corrected chi connectivity index (χ0v) is 19.6. The topological polar surface area (TPSA) is 118 Å². The number of carbonyl (C=O) groups excluding carboxylic acids is 1. The maximum atomic E-state index is 12.3. The van der Waals surface area contributed by atoms with Crippen molar-refractivity contribution in [3.05, 3.63) is 0 Å². The predicted octanol–water partition coefficient (Wildman–Crippen LogP) is 5.52. The van der Waals surface area contributed by atoms with Gasteiger partial charge in [0.2, 0.25) is 0 Å². The quantitative estimate of drug-likeness (QED) is 0.142. The van der Waals surface area contributed by atoms with Crippen LogP contribution in [0.4, 0.5) is 0 Å². The Morgan fingerprint density at radius 1 is 0.767 bits per heavy atom. The number of hydrogen-bond donors (Lipinski definition) is 2. The summed E-state index contributed by atoms with van der Waals surface area (Å²) >= 11 is 0. The zero-order chi connectivity index (χ0) is 22.8. The van der Waals surface area contributed by atoms with Gasteiger partial charge in [-0.1, -0.05) is 84.5 Å². The van der Waals surface area contributed by atoms with E-state index in [1.54, 1.807) is 0 Å². The number of aliphatic carboxylic acids is 1. The number of hydrogen-bond acceptors (Lipinski definition) is 5. The van der Waals surface area contributed by atoms with Crippen LogP contribution in [0.15, 0.2) is 0 Å². The van der Waals surface area contributed by atoms with Crippen LogP contribution in [0.1, 0.15) is 117 Å². The highest BCUT2D eigenvalue weighted by atomic mass is 32.2. The molecule has 0 aliphatic heterocycles. The lowest BCUT2D eigenvalue weighted by molar-refractivity contribution is -0.152. The fourth-order valence-electron chi connectivity index (χ4n) is 3.45. The third-order valence-electron chi connectivity index (χ3n) is 5.27. The molecule has 0 aromatic carbocycles. The summed E-state index contributed by atoms with van der Waals surface area (Å²) in [7, 11) is -4.83. The van der Waals surface area contributed by atoms with Gasteiger partial charge < -0.3 is 9.84 Å². The summed E-state index contributed by atoms with van der Waals surface area (Å²) in [4.78, 5) is 23.2.